The lowest BCUT2D eigenvalue weighted by Gasteiger charge is -2.08. The van der Waals surface area contributed by atoms with Gasteiger partial charge in [0.05, 0.1) is 0 Å². The average molecular weight is 280 g/mol. The number of rotatable bonds is 4. The minimum atomic E-state index is -3.69. The summed E-state index contributed by atoms with van der Waals surface area (Å²) in [5.41, 5.74) is 6.62. The number of benzene rings is 1. The van der Waals surface area contributed by atoms with E-state index < -0.39 is 10.0 Å². The maximum absolute atomic E-state index is 12.4. The van der Waals surface area contributed by atoms with Crippen LogP contribution in [0.3, 0.4) is 0 Å². The lowest BCUT2D eigenvalue weighted by Crippen LogP contribution is -2.16. The van der Waals surface area contributed by atoms with Crippen molar-refractivity contribution in [3.05, 3.63) is 47.4 Å². The normalized spacial score (nSPS) is 11.5. The second-order valence-corrected chi connectivity index (χ2v) is 5.82. The van der Waals surface area contributed by atoms with Gasteiger partial charge in [-0.25, -0.2) is 8.42 Å². The summed E-state index contributed by atoms with van der Waals surface area (Å²) in [5, 5.41) is 0. The molecule has 0 saturated carbocycles. The molecule has 1 heterocycles. The number of para-hydroxylation sites is 1. The van der Waals surface area contributed by atoms with Crippen molar-refractivity contribution in [3.8, 4) is 0 Å². The predicted molar refractivity (Wildman–Crippen MR) is 73.3 cm³/mol. The van der Waals surface area contributed by atoms with Gasteiger partial charge in [-0.3, -0.25) is 4.72 Å². The summed E-state index contributed by atoms with van der Waals surface area (Å²) in [6.45, 7) is 3.44. The van der Waals surface area contributed by atoms with E-state index in [1.165, 1.54) is 0 Å². The second kappa shape index (κ2) is 5.07. The zero-order valence-electron chi connectivity index (χ0n) is 10.8. The first-order valence-corrected chi connectivity index (χ1v) is 7.31. The summed E-state index contributed by atoms with van der Waals surface area (Å²) in [4.78, 5) is 0.136. The molecule has 0 radical (unpaired) electrons. The first kappa shape index (κ1) is 13.6. The van der Waals surface area contributed by atoms with Gasteiger partial charge in [0.2, 0.25) is 0 Å². The molecule has 1 aromatic heterocycles. The SMILES string of the molecule is Cc1oc(C)c(S(=O)(=O)Nc2ccccc2)c1CN. The lowest BCUT2D eigenvalue weighted by atomic mass is 10.2. The van der Waals surface area contributed by atoms with Crippen molar-refractivity contribution in [1.82, 2.24) is 0 Å². The van der Waals surface area contributed by atoms with E-state index in [4.69, 9.17) is 10.2 Å². The van der Waals surface area contributed by atoms with E-state index in [9.17, 15) is 8.42 Å². The van der Waals surface area contributed by atoms with Gasteiger partial charge in [-0.05, 0) is 26.0 Å². The zero-order valence-corrected chi connectivity index (χ0v) is 11.6. The highest BCUT2D eigenvalue weighted by Gasteiger charge is 2.26. The van der Waals surface area contributed by atoms with E-state index in [0.717, 1.165) is 0 Å². The van der Waals surface area contributed by atoms with Crippen LogP contribution in [0.5, 0.6) is 0 Å². The van der Waals surface area contributed by atoms with Gasteiger partial charge in [0, 0.05) is 17.8 Å². The predicted octanol–water partition coefficient (Wildman–Crippen LogP) is 2.16. The molecule has 0 bridgehead atoms. The fourth-order valence-corrected chi connectivity index (χ4v) is 3.53. The van der Waals surface area contributed by atoms with Crippen LogP contribution in [0.25, 0.3) is 0 Å². The minimum absolute atomic E-state index is 0.119. The smallest absolute Gasteiger partial charge is 0.265 e. The van der Waals surface area contributed by atoms with E-state index in [-0.39, 0.29) is 11.4 Å². The summed E-state index contributed by atoms with van der Waals surface area (Å²) in [6.07, 6.45) is 0. The maximum atomic E-state index is 12.4. The third-order valence-corrected chi connectivity index (χ3v) is 4.40. The van der Waals surface area contributed by atoms with Crippen LogP contribution in [0.2, 0.25) is 0 Å². The molecule has 0 amide bonds. The summed E-state index contributed by atoms with van der Waals surface area (Å²) in [7, 11) is -3.69. The van der Waals surface area contributed by atoms with Crippen LogP contribution in [0, 0.1) is 13.8 Å². The molecule has 0 aliphatic heterocycles. The van der Waals surface area contributed by atoms with Crippen LogP contribution in [-0.2, 0) is 16.6 Å². The average Bonchev–Trinajstić information content (AvgIpc) is 2.64. The molecule has 0 spiro atoms. The van der Waals surface area contributed by atoms with Gasteiger partial charge in [0.15, 0.2) is 0 Å². The van der Waals surface area contributed by atoms with Crippen LogP contribution < -0.4 is 10.5 Å². The van der Waals surface area contributed by atoms with Gasteiger partial charge in [0.25, 0.3) is 10.0 Å². The summed E-state index contributed by atoms with van der Waals surface area (Å²) >= 11 is 0. The van der Waals surface area contributed by atoms with Crippen LogP contribution in [0.15, 0.2) is 39.6 Å². The molecule has 0 atom stereocenters. The Balaban J connectivity index is 2.46. The van der Waals surface area contributed by atoms with E-state index in [0.29, 0.717) is 22.8 Å². The Morgan fingerprint density at radius 1 is 1.16 bits per heavy atom. The van der Waals surface area contributed by atoms with Crippen molar-refractivity contribution in [2.75, 3.05) is 4.72 Å². The second-order valence-electron chi connectivity index (χ2n) is 4.20. The van der Waals surface area contributed by atoms with Gasteiger partial charge in [0.1, 0.15) is 16.4 Å². The molecule has 0 unspecified atom stereocenters. The van der Waals surface area contributed by atoms with Crippen molar-refractivity contribution < 1.29 is 12.8 Å². The number of nitrogens with two attached hydrogens (primary N) is 1. The van der Waals surface area contributed by atoms with Gasteiger partial charge >= 0.3 is 0 Å². The van der Waals surface area contributed by atoms with Crippen molar-refractivity contribution in [2.45, 2.75) is 25.3 Å². The number of furan rings is 1. The Hall–Kier alpha value is -1.79. The quantitative estimate of drug-likeness (QED) is 0.898. The molecule has 102 valence electrons. The number of nitrogens with one attached hydrogen (secondary N) is 1. The Labute approximate surface area is 112 Å². The lowest BCUT2D eigenvalue weighted by molar-refractivity contribution is 0.494. The molecule has 5 nitrogen and oxygen atoms in total. The number of aryl methyl sites for hydroxylation is 2. The Morgan fingerprint density at radius 2 is 1.79 bits per heavy atom. The molecule has 2 aromatic rings. The maximum Gasteiger partial charge on any atom is 0.265 e. The fourth-order valence-electron chi connectivity index (χ4n) is 2.01. The van der Waals surface area contributed by atoms with Crippen molar-refractivity contribution >= 4 is 15.7 Å². The Morgan fingerprint density at radius 3 is 2.37 bits per heavy atom. The van der Waals surface area contributed by atoms with E-state index >= 15 is 0 Å². The molecule has 0 aliphatic rings. The van der Waals surface area contributed by atoms with E-state index in [2.05, 4.69) is 4.72 Å². The van der Waals surface area contributed by atoms with Crippen molar-refractivity contribution in [1.29, 1.82) is 0 Å². The number of hydrogen-bond donors (Lipinski definition) is 2. The van der Waals surface area contributed by atoms with Gasteiger partial charge < -0.3 is 10.2 Å². The number of sulfonamides is 1. The first-order valence-electron chi connectivity index (χ1n) is 5.82. The Kier molecular flexibility index (Phi) is 3.64. The molecule has 6 heteroatoms. The highest BCUT2D eigenvalue weighted by atomic mass is 32.2. The molecule has 1 aromatic carbocycles. The molecular weight excluding hydrogens is 264 g/mol. The summed E-state index contributed by atoms with van der Waals surface area (Å²) < 4.78 is 32.7. The van der Waals surface area contributed by atoms with Gasteiger partial charge in [-0.15, -0.1) is 0 Å². The van der Waals surface area contributed by atoms with Crippen LogP contribution >= 0.6 is 0 Å². The summed E-state index contributed by atoms with van der Waals surface area (Å²) in [6, 6.07) is 8.70. The largest absolute Gasteiger partial charge is 0.465 e. The van der Waals surface area contributed by atoms with Crippen molar-refractivity contribution in [2.24, 2.45) is 5.73 Å². The minimum Gasteiger partial charge on any atom is -0.465 e. The molecular formula is C13H16N2O3S. The molecule has 0 saturated heterocycles. The molecule has 2 rings (SSSR count). The first-order chi connectivity index (χ1) is 8.95. The van der Waals surface area contributed by atoms with E-state index in [1.54, 1.807) is 38.1 Å². The zero-order chi connectivity index (χ0) is 14.0. The highest BCUT2D eigenvalue weighted by molar-refractivity contribution is 7.92. The third kappa shape index (κ3) is 2.64. The molecule has 0 fully saturated rings. The number of anilines is 1. The van der Waals surface area contributed by atoms with Crippen molar-refractivity contribution in [3.63, 3.8) is 0 Å². The topological polar surface area (TPSA) is 85.3 Å². The third-order valence-electron chi connectivity index (χ3n) is 2.82. The van der Waals surface area contributed by atoms with Crippen LogP contribution in [0.1, 0.15) is 17.1 Å². The molecule has 3 N–H and O–H groups in total. The number of hydrogen-bond acceptors (Lipinski definition) is 4. The monoisotopic (exact) mass is 280 g/mol. The van der Waals surface area contributed by atoms with Gasteiger partial charge in [-0.1, -0.05) is 18.2 Å². The van der Waals surface area contributed by atoms with Gasteiger partial charge in [-0.2, -0.15) is 0 Å². The Bertz CT molecular complexity index is 675. The fraction of sp³-hybridized carbons (Fsp3) is 0.231. The van der Waals surface area contributed by atoms with E-state index in [1.807, 2.05) is 6.07 Å². The standard InChI is InChI=1S/C13H16N2O3S/c1-9-12(8-14)13(10(2)18-9)19(16,17)15-11-6-4-3-5-7-11/h3-7,15H,8,14H2,1-2H3. The highest BCUT2D eigenvalue weighted by Crippen LogP contribution is 2.27. The van der Waals surface area contributed by atoms with Crippen LogP contribution in [-0.4, -0.2) is 8.42 Å². The molecule has 0 aliphatic carbocycles. The summed E-state index contributed by atoms with van der Waals surface area (Å²) in [5.74, 6) is 0.884. The molecule has 19 heavy (non-hydrogen) atoms. The van der Waals surface area contributed by atoms with Crippen LogP contribution in [0.4, 0.5) is 5.69 Å².